The molecule has 0 unspecified atom stereocenters. The second-order valence-corrected chi connectivity index (χ2v) is 5.74. The van der Waals surface area contributed by atoms with Crippen LogP contribution in [0.5, 0.6) is 0 Å². The van der Waals surface area contributed by atoms with Crippen molar-refractivity contribution in [1.82, 2.24) is 15.3 Å². The maximum Gasteiger partial charge on any atom is 0.137 e. The molecule has 0 amide bonds. The van der Waals surface area contributed by atoms with E-state index >= 15 is 0 Å². The van der Waals surface area contributed by atoms with Gasteiger partial charge in [0.15, 0.2) is 0 Å². The number of piperidine rings is 1. The molecule has 3 heterocycles. The van der Waals surface area contributed by atoms with E-state index in [1.54, 1.807) is 0 Å². The molecule has 3 nitrogen and oxygen atoms in total. The highest BCUT2D eigenvalue weighted by Crippen LogP contribution is 2.30. The zero-order valence-corrected chi connectivity index (χ0v) is 12.0. The number of hydrogen-bond acceptors (Lipinski definition) is 2. The third-order valence-corrected chi connectivity index (χ3v) is 4.49. The summed E-state index contributed by atoms with van der Waals surface area (Å²) in [4.78, 5) is 7.53. The van der Waals surface area contributed by atoms with Crippen LogP contribution in [0.4, 0.5) is 0 Å². The third kappa shape index (κ3) is 2.34. The van der Waals surface area contributed by atoms with Crippen molar-refractivity contribution >= 4 is 11.0 Å². The first-order valence-electron chi connectivity index (χ1n) is 7.65. The first-order chi connectivity index (χ1) is 10.4. The molecule has 3 heteroatoms. The number of aromatic nitrogens is 2. The van der Waals surface area contributed by atoms with Crippen LogP contribution in [-0.4, -0.2) is 23.1 Å². The largest absolute Gasteiger partial charge is 0.346 e. The summed E-state index contributed by atoms with van der Waals surface area (Å²) < 4.78 is 0. The molecular weight excluding hydrogens is 258 g/mol. The highest BCUT2D eigenvalue weighted by Gasteiger charge is 2.15. The van der Waals surface area contributed by atoms with E-state index in [2.05, 4.69) is 51.7 Å². The molecule has 0 bridgehead atoms. The summed E-state index contributed by atoms with van der Waals surface area (Å²) in [7, 11) is 0. The van der Waals surface area contributed by atoms with Crippen molar-refractivity contribution < 1.29 is 0 Å². The van der Waals surface area contributed by atoms with Crippen LogP contribution in [0.25, 0.3) is 22.2 Å². The van der Waals surface area contributed by atoms with Gasteiger partial charge in [-0.15, -0.1) is 0 Å². The quantitative estimate of drug-likeness (QED) is 0.750. The van der Waals surface area contributed by atoms with Gasteiger partial charge in [0, 0.05) is 17.8 Å². The lowest BCUT2D eigenvalue weighted by atomic mass is 9.89. The van der Waals surface area contributed by atoms with Crippen molar-refractivity contribution in [1.29, 1.82) is 0 Å². The Hall–Kier alpha value is -2.13. The minimum absolute atomic E-state index is 0.713. The first kappa shape index (κ1) is 12.6. The molecule has 21 heavy (non-hydrogen) atoms. The number of fused-ring (bicyclic) bond motifs is 1. The fraction of sp³-hybridized carbons (Fsp3) is 0.278. The maximum absolute atomic E-state index is 4.36. The summed E-state index contributed by atoms with van der Waals surface area (Å²) in [6, 6.07) is 13.3. The second kappa shape index (κ2) is 5.34. The molecule has 4 rings (SSSR count). The summed E-state index contributed by atoms with van der Waals surface area (Å²) in [5.74, 6) is 0.713. The number of pyridine rings is 1. The van der Waals surface area contributed by atoms with Crippen LogP contribution in [0, 0.1) is 0 Å². The molecule has 0 aliphatic carbocycles. The molecule has 0 saturated carbocycles. The molecule has 1 aromatic carbocycles. The molecule has 2 aromatic heterocycles. The van der Waals surface area contributed by atoms with Crippen LogP contribution in [0.15, 0.2) is 48.8 Å². The van der Waals surface area contributed by atoms with Gasteiger partial charge in [0.2, 0.25) is 0 Å². The van der Waals surface area contributed by atoms with E-state index in [0.717, 1.165) is 18.7 Å². The molecule has 106 valence electrons. The van der Waals surface area contributed by atoms with Crippen molar-refractivity contribution in [3.8, 4) is 11.1 Å². The monoisotopic (exact) mass is 277 g/mol. The Morgan fingerprint density at radius 2 is 1.76 bits per heavy atom. The summed E-state index contributed by atoms with van der Waals surface area (Å²) in [5, 5.41) is 4.62. The lowest BCUT2D eigenvalue weighted by molar-refractivity contribution is 0.460. The number of H-pyrrole nitrogens is 1. The SMILES string of the molecule is c1cc(-c2ccc(C3CCNCC3)cc2)c2cc[nH]c2n1. The minimum atomic E-state index is 0.713. The zero-order chi connectivity index (χ0) is 14.1. The van der Waals surface area contributed by atoms with Crippen LogP contribution in [0.1, 0.15) is 24.3 Å². The predicted molar refractivity (Wildman–Crippen MR) is 86.4 cm³/mol. The highest BCUT2D eigenvalue weighted by molar-refractivity contribution is 5.92. The fourth-order valence-electron chi connectivity index (χ4n) is 3.30. The van der Waals surface area contributed by atoms with Crippen LogP contribution >= 0.6 is 0 Å². The smallest absolute Gasteiger partial charge is 0.137 e. The molecule has 0 radical (unpaired) electrons. The molecular formula is C18H19N3. The lowest BCUT2D eigenvalue weighted by Crippen LogP contribution is -2.26. The van der Waals surface area contributed by atoms with E-state index < -0.39 is 0 Å². The molecule has 2 N–H and O–H groups in total. The van der Waals surface area contributed by atoms with Gasteiger partial charge in [-0.2, -0.15) is 0 Å². The van der Waals surface area contributed by atoms with E-state index in [1.165, 1.54) is 34.9 Å². The van der Waals surface area contributed by atoms with Gasteiger partial charge >= 0.3 is 0 Å². The standard InChI is InChI=1S/C18H19N3/c1-3-15(4-2-13(1)14-5-9-19-10-6-14)16-7-11-20-18-17(16)8-12-21-18/h1-4,7-8,11-12,14,19H,5-6,9-10H2,(H,20,21). The Morgan fingerprint density at radius 3 is 2.57 bits per heavy atom. The van der Waals surface area contributed by atoms with E-state index in [9.17, 15) is 0 Å². The number of hydrogen-bond donors (Lipinski definition) is 2. The van der Waals surface area contributed by atoms with Gasteiger partial charge in [-0.25, -0.2) is 4.98 Å². The average Bonchev–Trinajstić information content (AvgIpc) is 3.04. The second-order valence-electron chi connectivity index (χ2n) is 5.74. The van der Waals surface area contributed by atoms with Crippen LogP contribution in [0.3, 0.4) is 0 Å². The normalized spacial score (nSPS) is 16.4. The summed E-state index contributed by atoms with van der Waals surface area (Å²) >= 11 is 0. The summed E-state index contributed by atoms with van der Waals surface area (Å²) in [6.45, 7) is 2.28. The number of nitrogens with zero attached hydrogens (tertiary/aromatic N) is 1. The zero-order valence-electron chi connectivity index (χ0n) is 12.0. The van der Waals surface area contributed by atoms with Gasteiger partial charge in [0.25, 0.3) is 0 Å². The Labute approximate surface area is 124 Å². The summed E-state index contributed by atoms with van der Waals surface area (Å²) in [6.07, 6.45) is 6.31. The van der Waals surface area contributed by atoms with Crippen molar-refractivity contribution in [2.45, 2.75) is 18.8 Å². The Morgan fingerprint density at radius 1 is 0.952 bits per heavy atom. The van der Waals surface area contributed by atoms with Crippen LogP contribution in [0.2, 0.25) is 0 Å². The number of aromatic amines is 1. The van der Waals surface area contributed by atoms with Gasteiger partial charge in [-0.1, -0.05) is 24.3 Å². The molecule has 1 aliphatic rings. The molecule has 3 aromatic rings. The molecule has 0 spiro atoms. The topological polar surface area (TPSA) is 40.7 Å². The predicted octanol–water partition coefficient (Wildman–Crippen LogP) is 3.70. The summed E-state index contributed by atoms with van der Waals surface area (Å²) in [5.41, 5.74) is 4.94. The van der Waals surface area contributed by atoms with Crippen molar-refractivity contribution in [3.63, 3.8) is 0 Å². The Bertz CT molecular complexity index is 737. The first-order valence-corrected chi connectivity index (χ1v) is 7.65. The fourth-order valence-corrected chi connectivity index (χ4v) is 3.30. The van der Waals surface area contributed by atoms with Crippen LogP contribution < -0.4 is 5.32 Å². The Balaban J connectivity index is 1.68. The van der Waals surface area contributed by atoms with E-state index in [0.29, 0.717) is 5.92 Å². The van der Waals surface area contributed by atoms with Crippen molar-refractivity contribution in [2.75, 3.05) is 13.1 Å². The van der Waals surface area contributed by atoms with E-state index in [-0.39, 0.29) is 0 Å². The molecule has 0 atom stereocenters. The van der Waals surface area contributed by atoms with Crippen molar-refractivity contribution in [2.24, 2.45) is 0 Å². The Kier molecular flexibility index (Phi) is 3.20. The number of nitrogens with one attached hydrogen (secondary N) is 2. The highest BCUT2D eigenvalue weighted by atomic mass is 14.9. The number of benzene rings is 1. The third-order valence-electron chi connectivity index (χ3n) is 4.49. The van der Waals surface area contributed by atoms with Crippen LogP contribution in [-0.2, 0) is 0 Å². The van der Waals surface area contributed by atoms with Gasteiger partial charge in [0.05, 0.1) is 0 Å². The van der Waals surface area contributed by atoms with E-state index in [1.807, 2.05) is 12.4 Å². The van der Waals surface area contributed by atoms with Crippen molar-refractivity contribution in [3.05, 3.63) is 54.4 Å². The molecule has 1 fully saturated rings. The molecule has 1 aliphatic heterocycles. The van der Waals surface area contributed by atoms with Gasteiger partial charge in [-0.3, -0.25) is 0 Å². The van der Waals surface area contributed by atoms with Gasteiger partial charge in [-0.05, 0) is 60.7 Å². The maximum atomic E-state index is 4.36. The van der Waals surface area contributed by atoms with Gasteiger partial charge < -0.3 is 10.3 Å². The van der Waals surface area contributed by atoms with Gasteiger partial charge in [0.1, 0.15) is 5.65 Å². The lowest BCUT2D eigenvalue weighted by Gasteiger charge is -2.23. The van der Waals surface area contributed by atoms with E-state index in [4.69, 9.17) is 0 Å². The molecule has 1 saturated heterocycles. The number of rotatable bonds is 2. The average molecular weight is 277 g/mol. The minimum Gasteiger partial charge on any atom is -0.346 e.